The van der Waals surface area contributed by atoms with E-state index >= 15 is 0 Å². The summed E-state index contributed by atoms with van der Waals surface area (Å²) in [5.41, 5.74) is 3.50. The summed E-state index contributed by atoms with van der Waals surface area (Å²) < 4.78 is 21.9. The Hall–Kier alpha value is -4.49. The van der Waals surface area contributed by atoms with E-state index in [1.165, 1.54) is 12.5 Å². The van der Waals surface area contributed by atoms with Gasteiger partial charge >= 0.3 is 11.9 Å². The van der Waals surface area contributed by atoms with Crippen LogP contribution in [0.15, 0.2) is 72.8 Å². The molecular formula is C40H50N2O10. The highest BCUT2D eigenvalue weighted by Crippen LogP contribution is 2.33. The van der Waals surface area contributed by atoms with Crippen LogP contribution in [0.2, 0.25) is 0 Å². The van der Waals surface area contributed by atoms with Gasteiger partial charge in [0, 0.05) is 18.8 Å². The molecule has 2 fully saturated rings. The SMILES string of the molecule is CCOc1cc(CC(=O)N[C@@H](CC(C)C)c2ccccc2N2CCCCC2)ccc1C(=O)O[C@@H]1O[C@@H](C(=O)OCc2ccccc2)[C@@H](O)[C@@H](O)[C@H]1O. The highest BCUT2D eigenvalue weighted by molar-refractivity contribution is 5.93. The average Bonchev–Trinajstić information content (AvgIpc) is 3.14. The Kier molecular flexibility index (Phi) is 13.6. The molecule has 0 saturated carbocycles. The molecule has 0 aromatic heterocycles. The van der Waals surface area contributed by atoms with E-state index in [0.717, 1.165) is 43.6 Å². The van der Waals surface area contributed by atoms with Crippen molar-refractivity contribution >= 4 is 23.5 Å². The fourth-order valence-corrected chi connectivity index (χ4v) is 6.61. The van der Waals surface area contributed by atoms with Gasteiger partial charge in [-0.1, -0.05) is 68.4 Å². The minimum Gasteiger partial charge on any atom is -0.493 e. The van der Waals surface area contributed by atoms with Crippen LogP contribution >= 0.6 is 0 Å². The lowest BCUT2D eigenvalue weighted by atomic mass is 9.94. The number of amides is 1. The molecule has 4 N–H and O–H groups in total. The number of para-hydroxylation sites is 1. The summed E-state index contributed by atoms with van der Waals surface area (Å²) in [5, 5.41) is 34.8. The zero-order valence-electron chi connectivity index (χ0n) is 30.0. The van der Waals surface area contributed by atoms with Gasteiger partial charge in [0.1, 0.15) is 36.2 Å². The molecule has 0 radical (unpaired) electrons. The lowest BCUT2D eigenvalue weighted by Gasteiger charge is -2.38. The first-order valence-corrected chi connectivity index (χ1v) is 18.1. The molecule has 12 heteroatoms. The van der Waals surface area contributed by atoms with Gasteiger partial charge in [-0.15, -0.1) is 0 Å². The number of hydrogen-bond acceptors (Lipinski definition) is 11. The number of benzene rings is 3. The van der Waals surface area contributed by atoms with Crippen molar-refractivity contribution in [1.29, 1.82) is 0 Å². The van der Waals surface area contributed by atoms with Gasteiger partial charge in [0.2, 0.25) is 12.2 Å². The number of aliphatic hydroxyl groups is 3. The molecule has 3 aromatic carbocycles. The van der Waals surface area contributed by atoms with E-state index in [1.54, 1.807) is 49.4 Å². The van der Waals surface area contributed by atoms with Crippen molar-refractivity contribution in [2.45, 2.75) is 96.2 Å². The van der Waals surface area contributed by atoms with Crippen LogP contribution in [0.25, 0.3) is 0 Å². The van der Waals surface area contributed by atoms with Crippen LogP contribution < -0.4 is 15.0 Å². The second kappa shape index (κ2) is 18.3. The normalized spacial score (nSPS) is 22.4. The standard InChI is InChI=1S/C40H50N2O10/c1-4-49-32-22-27(23-33(43)41-30(21-25(2)3)28-15-9-10-16-31(28)42-19-11-6-12-20-42)17-18-29(32)38(47)52-40-36(46)34(44)35(45)37(51-40)39(48)50-24-26-13-7-5-8-14-26/h5,7-10,13-18,22,25,30,34-37,40,44-46H,4,6,11-12,19-21,23-24H2,1-3H3,(H,41,43)/t30-,34+,35-,36+,37+,40-/m0/s1. The Balaban J connectivity index is 1.26. The summed E-state index contributed by atoms with van der Waals surface area (Å²) in [6.45, 7) is 8.06. The topological polar surface area (TPSA) is 164 Å². The van der Waals surface area contributed by atoms with E-state index in [4.69, 9.17) is 18.9 Å². The predicted molar refractivity (Wildman–Crippen MR) is 192 cm³/mol. The van der Waals surface area contributed by atoms with Crippen LogP contribution in [-0.2, 0) is 36.8 Å². The van der Waals surface area contributed by atoms with Gasteiger partial charge in [-0.05, 0) is 73.4 Å². The van der Waals surface area contributed by atoms with Crippen LogP contribution in [0.4, 0.5) is 5.69 Å². The number of ether oxygens (including phenoxy) is 4. The fourth-order valence-electron chi connectivity index (χ4n) is 6.61. The maximum Gasteiger partial charge on any atom is 0.344 e. The highest BCUT2D eigenvalue weighted by atomic mass is 16.7. The maximum atomic E-state index is 13.5. The van der Waals surface area contributed by atoms with Crippen molar-refractivity contribution in [3.05, 3.63) is 95.1 Å². The largest absolute Gasteiger partial charge is 0.493 e. The number of carbonyl (C=O) groups is 3. The number of esters is 2. The first-order chi connectivity index (χ1) is 25.0. The smallest absolute Gasteiger partial charge is 0.344 e. The third kappa shape index (κ3) is 9.88. The summed E-state index contributed by atoms with van der Waals surface area (Å²) in [5.74, 6) is -1.70. The van der Waals surface area contributed by atoms with Gasteiger partial charge in [0.25, 0.3) is 0 Å². The second-order valence-electron chi connectivity index (χ2n) is 13.7. The van der Waals surface area contributed by atoms with Crippen molar-refractivity contribution in [3.8, 4) is 5.75 Å². The molecule has 2 heterocycles. The maximum absolute atomic E-state index is 13.5. The number of nitrogens with zero attached hydrogens (tertiary/aromatic N) is 1. The Morgan fingerprint density at radius 2 is 1.60 bits per heavy atom. The van der Waals surface area contributed by atoms with E-state index in [2.05, 4.69) is 36.2 Å². The number of carbonyl (C=O) groups excluding carboxylic acids is 3. The van der Waals surface area contributed by atoms with E-state index in [1.807, 2.05) is 12.1 Å². The Bertz CT molecular complexity index is 1640. The molecular weight excluding hydrogens is 668 g/mol. The zero-order chi connectivity index (χ0) is 37.2. The molecule has 2 aliphatic heterocycles. The van der Waals surface area contributed by atoms with Crippen LogP contribution in [0.5, 0.6) is 5.75 Å². The molecule has 5 rings (SSSR count). The van der Waals surface area contributed by atoms with E-state index < -0.39 is 42.6 Å². The lowest BCUT2D eigenvalue weighted by molar-refractivity contribution is -0.280. The summed E-state index contributed by atoms with van der Waals surface area (Å²) in [6.07, 6.45) is -4.83. The quantitative estimate of drug-likeness (QED) is 0.177. The molecule has 12 nitrogen and oxygen atoms in total. The number of nitrogens with one attached hydrogen (secondary N) is 1. The third-order valence-electron chi connectivity index (χ3n) is 9.23. The molecule has 2 aliphatic rings. The summed E-state index contributed by atoms with van der Waals surface area (Å²) >= 11 is 0. The van der Waals surface area contributed by atoms with Gasteiger partial charge in [0.15, 0.2) is 6.10 Å². The van der Waals surface area contributed by atoms with Crippen molar-refractivity contribution < 1.29 is 48.7 Å². The van der Waals surface area contributed by atoms with Gasteiger partial charge in [-0.3, -0.25) is 4.79 Å². The molecule has 3 aromatic rings. The van der Waals surface area contributed by atoms with Gasteiger partial charge in [0.05, 0.1) is 19.1 Å². The second-order valence-corrected chi connectivity index (χ2v) is 13.7. The number of piperidine rings is 1. The van der Waals surface area contributed by atoms with Crippen molar-refractivity contribution in [2.75, 3.05) is 24.6 Å². The Morgan fingerprint density at radius 3 is 2.31 bits per heavy atom. The van der Waals surface area contributed by atoms with Gasteiger partial charge < -0.3 is 44.5 Å². The van der Waals surface area contributed by atoms with Crippen LogP contribution in [0.1, 0.15) is 79.5 Å². The highest BCUT2D eigenvalue weighted by Gasteiger charge is 2.49. The van der Waals surface area contributed by atoms with E-state index in [-0.39, 0.29) is 42.9 Å². The summed E-state index contributed by atoms with van der Waals surface area (Å²) in [4.78, 5) is 42.1. The first kappa shape index (κ1) is 38.7. The van der Waals surface area contributed by atoms with Crippen LogP contribution in [-0.4, -0.2) is 83.6 Å². The lowest BCUT2D eigenvalue weighted by Crippen LogP contribution is -2.60. The van der Waals surface area contributed by atoms with Crippen LogP contribution in [0.3, 0.4) is 0 Å². The zero-order valence-corrected chi connectivity index (χ0v) is 30.0. The monoisotopic (exact) mass is 718 g/mol. The molecule has 52 heavy (non-hydrogen) atoms. The Morgan fingerprint density at radius 1 is 0.885 bits per heavy atom. The molecule has 6 atom stereocenters. The van der Waals surface area contributed by atoms with Crippen molar-refractivity contribution in [1.82, 2.24) is 5.32 Å². The summed E-state index contributed by atoms with van der Waals surface area (Å²) in [6, 6.07) is 21.5. The van der Waals surface area contributed by atoms with E-state index in [9.17, 15) is 29.7 Å². The van der Waals surface area contributed by atoms with Gasteiger partial charge in [-0.25, -0.2) is 9.59 Å². The predicted octanol–water partition coefficient (Wildman–Crippen LogP) is 4.23. The van der Waals surface area contributed by atoms with Crippen molar-refractivity contribution in [3.63, 3.8) is 0 Å². The molecule has 0 bridgehead atoms. The minimum atomic E-state index is -1.88. The number of aliphatic hydroxyl groups excluding tert-OH is 3. The number of rotatable bonds is 14. The molecule has 280 valence electrons. The minimum absolute atomic E-state index is 0.0250. The molecule has 0 unspecified atom stereocenters. The van der Waals surface area contributed by atoms with Gasteiger partial charge in [-0.2, -0.15) is 0 Å². The molecule has 0 spiro atoms. The first-order valence-electron chi connectivity index (χ1n) is 18.1. The van der Waals surface area contributed by atoms with Crippen molar-refractivity contribution in [2.24, 2.45) is 5.92 Å². The average molecular weight is 719 g/mol. The molecule has 2 saturated heterocycles. The summed E-state index contributed by atoms with van der Waals surface area (Å²) in [7, 11) is 0. The Labute approximate surface area is 304 Å². The molecule has 1 amide bonds. The molecule has 0 aliphatic carbocycles. The van der Waals surface area contributed by atoms with E-state index in [0.29, 0.717) is 17.0 Å². The number of anilines is 1. The number of hydrogen-bond donors (Lipinski definition) is 4. The fraction of sp³-hybridized carbons (Fsp3) is 0.475. The third-order valence-corrected chi connectivity index (χ3v) is 9.23. The van der Waals surface area contributed by atoms with Crippen LogP contribution in [0, 0.1) is 5.92 Å².